The number of hydrogen-bond donors (Lipinski definition) is 1. The van der Waals surface area contributed by atoms with Crippen molar-refractivity contribution in [3.05, 3.63) is 10.6 Å². The first-order valence-electron chi connectivity index (χ1n) is 5.29. The minimum Gasteiger partial charge on any atom is -0.318 e. The number of aromatic nitrogens is 2. The highest BCUT2D eigenvalue weighted by molar-refractivity contribution is 7.05. The molecule has 1 heterocycles. The molecule has 4 nitrogen and oxygen atoms in total. The first-order valence-corrected chi connectivity index (χ1v) is 6.06. The van der Waals surface area contributed by atoms with Crippen LogP contribution in [0.1, 0.15) is 30.3 Å². The van der Waals surface area contributed by atoms with Crippen LogP contribution in [0.3, 0.4) is 0 Å². The monoisotopic (exact) mass is 228 g/mol. The van der Waals surface area contributed by atoms with Gasteiger partial charge in [-0.15, -0.1) is 5.10 Å². The van der Waals surface area contributed by atoms with Crippen molar-refractivity contribution in [2.75, 3.05) is 27.2 Å². The lowest BCUT2D eigenvalue weighted by Gasteiger charge is -2.15. The minimum atomic E-state index is 0.469. The number of nitrogens with zero attached hydrogens (tertiary/aromatic N) is 3. The maximum absolute atomic E-state index is 4.18. The summed E-state index contributed by atoms with van der Waals surface area (Å²) < 4.78 is 4.03. The van der Waals surface area contributed by atoms with Crippen LogP contribution in [0.25, 0.3) is 0 Å². The van der Waals surface area contributed by atoms with Crippen LogP contribution in [0.5, 0.6) is 0 Å². The predicted octanol–water partition coefficient (Wildman–Crippen LogP) is 1.31. The molecule has 0 radical (unpaired) electrons. The summed E-state index contributed by atoms with van der Waals surface area (Å²) in [5.41, 5.74) is 1.15. The molecule has 0 spiro atoms. The Morgan fingerprint density at radius 3 is 2.80 bits per heavy atom. The SMILES string of the molecule is CNCCN(C)Cc1snnc1C(C)C. The second kappa shape index (κ2) is 6.15. The Hall–Kier alpha value is -0.520. The maximum atomic E-state index is 4.18. The number of nitrogens with one attached hydrogen (secondary N) is 1. The summed E-state index contributed by atoms with van der Waals surface area (Å²) in [5, 5.41) is 7.32. The predicted molar refractivity (Wildman–Crippen MR) is 64.3 cm³/mol. The average molecular weight is 228 g/mol. The summed E-state index contributed by atoms with van der Waals surface area (Å²) in [6.07, 6.45) is 0. The molecule has 86 valence electrons. The minimum absolute atomic E-state index is 0.469. The van der Waals surface area contributed by atoms with E-state index in [9.17, 15) is 0 Å². The molecule has 0 aliphatic carbocycles. The van der Waals surface area contributed by atoms with Crippen molar-refractivity contribution in [2.45, 2.75) is 26.3 Å². The van der Waals surface area contributed by atoms with E-state index >= 15 is 0 Å². The molecular weight excluding hydrogens is 208 g/mol. The zero-order valence-electron chi connectivity index (χ0n) is 9.95. The van der Waals surface area contributed by atoms with Gasteiger partial charge in [0.25, 0.3) is 0 Å². The van der Waals surface area contributed by atoms with E-state index in [2.05, 4.69) is 40.7 Å². The largest absolute Gasteiger partial charge is 0.318 e. The van der Waals surface area contributed by atoms with Gasteiger partial charge in [-0.25, -0.2) is 0 Å². The van der Waals surface area contributed by atoms with E-state index in [-0.39, 0.29) is 0 Å². The molecule has 0 aromatic carbocycles. The molecule has 0 atom stereocenters. The molecule has 5 heteroatoms. The summed E-state index contributed by atoms with van der Waals surface area (Å²) in [4.78, 5) is 3.58. The lowest BCUT2D eigenvalue weighted by molar-refractivity contribution is 0.329. The van der Waals surface area contributed by atoms with Gasteiger partial charge in [-0.3, -0.25) is 4.90 Å². The molecule has 0 aliphatic heterocycles. The number of hydrogen-bond acceptors (Lipinski definition) is 5. The summed E-state index contributed by atoms with van der Waals surface area (Å²) in [5.74, 6) is 0.469. The second-order valence-corrected chi connectivity index (χ2v) is 4.92. The lowest BCUT2D eigenvalue weighted by Crippen LogP contribution is -2.27. The van der Waals surface area contributed by atoms with Crippen molar-refractivity contribution in [1.82, 2.24) is 19.8 Å². The van der Waals surface area contributed by atoms with Gasteiger partial charge in [0.15, 0.2) is 0 Å². The number of likely N-dealkylation sites (N-methyl/N-ethyl adjacent to an activating group) is 2. The fraction of sp³-hybridized carbons (Fsp3) is 0.800. The van der Waals surface area contributed by atoms with Gasteiger partial charge in [0.05, 0.1) is 10.6 Å². The fourth-order valence-electron chi connectivity index (χ4n) is 1.39. The first-order chi connectivity index (χ1) is 7.15. The molecule has 1 aromatic rings. The molecule has 0 saturated carbocycles. The highest BCUT2D eigenvalue weighted by Gasteiger charge is 2.12. The fourth-order valence-corrected chi connectivity index (χ4v) is 2.27. The second-order valence-electron chi connectivity index (χ2n) is 4.08. The van der Waals surface area contributed by atoms with Gasteiger partial charge in [0, 0.05) is 19.6 Å². The standard InChI is InChI=1S/C10H20N4S/c1-8(2)10-9(15-13-12-10)7-14(4)6-5-11-3/h8,11H,5-7H2,1-4H3. The molecule has 0 fully saturated rings. The zero-order chi connectivity index (χ0) is 11.3. The van der Waals surface area contributed by atoms with Crippen molar-refractivity contribution in [2.24, 2.45) is 0 Å². The Kier molecular flexibility index (Phi) is 5.14. The van der Waals surface area contributed by atoms with Gasteiger partial charge in [-0.1, -0.05) is 18.3 Å². The molecule has 0 bridgehead atoms. The zero-order valence-corrected chi connectivity index (χ0v) is 10.8. The van der Waals surface area contributed by atoms with Crippen LogP contribution < -0.4 is 5.32 Å². The van der Waals surface area contributed by atoms with E-state index in [1.807, 2.05) is 7.05 Å². The normalized spacial score (nSPS) is 11.6. The molecule has 0 unspecified atom stereocenters. The molecule has 1 rings (SSSR count). The van der Waals surface area contributed by atoms with Gasteiger partial charge in [-0.2, -0.15) is 0 Å². The van der Waals surface area contributed by atoms with Gasteiger partial charge < -0.3 is 5.32 Å². The third-order valence-electron chi connectivity index (χ3n) is 2.29. The van der Waals surface area contributed by atoms with Gasteiger partial charge in [-0.05, 0) is 31.5 Å². The molecule has 0 aliphatic rings. The summed E-state index contributed by atoms with van der Waals surface area (Å²) in [6, 6.07) is 0. The third kappa shape index (κ3) is 3.85. The van der Waals surface area contributed by atoms with Crippen molar-refractivity contribution in [1.29, 1.82) is 0 Å². The van der Waals surface area contributed by atoms with Gasteiger partial charge in [0.1, 0.15) is 0 Å². The van der Waals surface area contributed by atoms with Crippen LogP contribution >= 0.6 is 11.5 Å². The van der Waals surface area contributed by atoms with Crippen LogP contribution in [-0.4, -0.2) is 41.7 Å². The summed E-state index contributed by atoms with van der Waals surface area (Å²) in [6.45, 7) is 7.33. The summed E-state index contributed by atoms with van der Waals surface area (Å²) in [7, 11) is 4.10. The Morgan fingerprint density at radius 1 is 1.47 bits per heavy atom. The van der Waals surface area contributed by atoms with E-state index < -0.39 is 0 Å². The van der Waals surface area contributed by atoms with E-state index in [4.69, 9.17) is 0 Å². The Morgan fingerprint density at radius 2 is 2.20 bits per heavy atom. The van der Waals surface area contributed by atoms with Crippen molar-refractivity contribution in [3.8, 4) is 0 Å². The molecule has 0 saturated heterocycles. The molecular formula is C10H20N4S. The highest BCUT2D eigenvalue weighted by Crippen LogP contribution is 2.20. The van der Waals surface area contributed by atoms with Crippen LogP contribution in [0.4, 0.5) is 0 Å². The number of rotatable bonds is 6. The first kappa shape index (κ1) is 12.5. The van der Waals surface area contributed by atoms with E-state index in [0.717, 1.165) is 25.3 Å². The van der Waals surface area contributed by atoms with Gasteiger partial charge in [0.2, 0.25) is 0 Å². The van der Waals surface area contributed by atoms with Crippen LogP contribution in [0.15, 0.2) is 0 Å². The average Bonchev–Trinajstić information content (AvgIpc) is 2.62. The lowest BCUT2D eigenvalue weighted by atomic mass is 10.1. The van der Waals surface area contributed by atoms with Gasteiger partial charge >= 0.3 is 0 Å². The van der Waals surface area contributed by atoms with E-state index in [0.29, 0.717) is 5.92 Å². The van der Waals surface area contributed by atoms with Crippen LogP contribution in [0, 0.1) is 0 Å². The Labute approximate surface area is 95.8 Å². The molecule has 1 aromatic heterocycles. The van der Waals surface area contributed by atoms with Crippen molar-refractivity contribution < 1.29 is 0 Å². The topological polar surface area (TPSA) is 41.0 Å². The molecule has 15 heavy (non-hydrogen) atoms. The Bertz CT molecular complexity index is 285. The Balaban J connectivity index is 2.52. The smallest absolute Gasteiger partial charge is 0.0826 e. The van der Waals surface area contributed by atoms with Crippen LogP contribution in [0.2, 0.25) is 0 Å². The third-order valence-corrected chi connectivity index (χ3v) is 3.01. The maximum Gasteiger partial charge on any atom is 0.0826 e. The highest BCUT2D eigenvalue weighted by atomic mass is 32.1. The van der Waals surface area contributed by atoms with E-state index in [1.165, 1.54) is 16.4 Å². The molecule has 0 amide bonds. The van der Waals surface area contributed by atoms with Crippen molar-refractivity contribution in [3.63, 3.8) is 0 Å². The molecule has 1 N–H and O–H groups in total. The van der Waals surface area contributed by atoms with Crippen molar-refractivity contribution >= 4 is 11.5 Å². The van der Waals surface area contributed by atoms with E-state index in [1.54, 1.807) is 0 Å². The van der Waals surface area contributed by atoms with Crippen LogP contribution in [-0.2, 0) is 6.54 Å². The summed E-state index contributed by atoms with van der Waals surface area (Å²) >= 11 is 1.52. The quantitative estimate of drug-likeness (QED) is 0.797.